The van der Waals surface area contributed by atoms with Gasteiger partial charge in [0, 0.05) is 44.9 Å². The largest absolute Gasteiger partial charge is 0.378 e. The highest BCUT2D eigenvalue weighted by molar-refractivity contribution is 5.96. The summed E-state index contributed by atoms with van der Waals surface area (Å²) in [6, 6.07) is 6.58. The maximum absolute atomic E-state index is 13.3. The smallest absolute Gasteiger partial charge is 0.247 e. The lowest BCUT2D eigenvalue weighted by Crippen LogP contribution is -2.51. The molecule has 3 aliphatic rings. The van der Waals surface area contributed by atoms with Crippen LogP contribution in [0.1, 0.15) is 37.7 Å². The van der Waals surface area contributed by atoms with E-state index in [1.165, 1.54) is 6.08 Å². The molecule has 1 saturated carbocycles. The Labute approximate surface area is 200 Å². The highest BCUT2D eigenvalue weighted by Gasteiger charge is 2.49. The molecule has 2 saturated heterocycles. The predicted molar refractivity (Wildman–Crippen MR) is 130 cm³/mol. The molecule has 3 fully saturated rings. The molecule has 2 aliphatic heterocycles. The Kier molecular flexibility index (Phi) is 7.34. The molecular weight excluding hydrogens is 432 g/mol. The summed E-state index contributed by atoms with van der Waals surface area (Å²) in [4.78, 5) is 53.7. The number of amides is 3. The Morgan fingerprint density at radius 1 is 1.21 bits per heavy atom. The van der Waals surface area contributed by atoms with E-state index in [0.717, 1.165) is 30.5 Å². The molecule has 5 atom stereocenters. The van der Waals surface area contributed by atoms with Crippen molar-refractivity contribution in [1.29, 1.82) is 0 Å². The quantitative estimate of drug-likeness (QED) is 0.448. The van der Waals surface area contributed by atoms with E-state index in [4.69, 9.17) is 0 Å². The molecule has 0 spiro atoms. The summed E-state index contributed by atoms with van der Waals surface area (Å²) in [6.45, 7) is 1.16. The van der Waals surface area contributed by atoms with Crippen molar-refractivity contribution in [3.05, 3.63) is 35.9 Å². The van der Waals surface area contributed by atoms with Crippen LogP contribution in [0.3, 0.4) is 0 Å². The average molecular weight is 467 g/mol. The van der Waals surface area contributed by atoms with Crippen molar-refractivity contribution in [2.75, 3.05) is 32.1 Å². The van der Waals surface area contributed by atoms with Crippen LogP contribution in [-0.2, 0) is 19.2 Å². The number of fused-ring (bicyclic) bond motifs is 1. The monoisotopic (exact) mass is 466 g/mol. The van der Waals surface area contributed by atoms with E-state index in [1.807, 2.05) is 43.3 Å². The highest BCUT2D eigenvalue weighted by atomic mass is 16.2. The second kappa shape index (κ2) is 10.4. The van der Waals surface area contributed by atoms with Crippen molar-refractivity contribution in [3.63, 3.8) is 0 Å². The first-order valence-corrected chi connectivity index (χ1v) is 12.2. The van der Waals surface area contributed by atoms with Gasteiger partial charge in [0.15, 0.2) is 0 Å². The van der Waals surface area contributed by atoms with Crippen molar-refractivity contribution < 1.29 is 19.2 Å². The van der Waals surface area contributed by atoms with Gasteiger partial charge in [-0.25, -0.2) is 0 Å². The van der Waals surface area contributed by atoms with E-state index < -0.39 is 12.1 Å². The molecule has 8 heteroatoms. The Morgan fingerprint density at radius 3 is 2.62 bits per heavy atom. The van der Waals surface area contributed by atoms with Crippen LogP contribution in [0.25, 0.3) is 6.08 Å². The topological polar surface area (TPSA) is 98.8 Å². The van der Waals surface area contributed by atoms with Crippen molar-refractivity contribution in [3.8, 4) is 0 Å². The Bertz CT molecular complexity index is 958. The first-order valence-electron chi connectivity index (χ1n) is 12.2. The number of rotatable bonds is 8. The summed E-state index contributed by atoms with van der Waals surface area (Å²) in [6.07, 6.45) is 7.93. The first kappa shape index (κ1) is 24.0. The Balaban J connectivity index is 1.44. The number of carbonyl (C=O) groups is 4. The van der Waals surface area contributed by atoms with Crippen molar-refractivity contribution >= 4 is 35.8 Å². The van der Waals surface area contributed by atoms with Gasteiger partial charge in [-0.05, 0) is 61.3 Å². The minimum Gasteiger partial charge on any atom is -0.378 e. The number of likely N-dealkylation sites (tertiary alicyclic amines) is 1. The lowest BCUT2D eigenvalue weighted by Gasteiger charge is -2.27. The van der Waals surface area contributed by atoms with Crippen LogP contribution in [0, 0.1) is 17.8 Å². The number of hydrogen-bond acceptors (Lipinski definition) is 5. The van der Waals surface area contributed by atoms with Gasteiger partial charge in [0.2, 0.25) is 17.7 Å². The van der Waals surface area contributed by atoms with Gasteiger partial charge in [0.1, 0.15) is 12.3 Å². The van der Waals surface area contributed by atoms with E-state index in [2.05, 4.69) is 10.6 Å². The van der Waals surface area contributed by atoms with Crippen LogP contribution in [0.15, 0.2) is 30.3 Å². The number of hydrogen-bond donors (Lipinski definition) is 2. The second-order valence-corrected chi connectivity index (χ2v) is 9.87. The van der Waals surface area contributed by atoms with Gasteiger partial charge >= 0.3 is 0 Å². The maximum atomic E-state index is 13.3. The molecule has 0 aromatic heterocycles. The summed E-state index contributed by atoms with van der Waals surface area (Å²) >= 11 is 0. The molecule has 1 aromatic rings. The van der Waals surface area contributed by atoms with Crippen LogP contribution in [-0.4, -0.2) is 68.2 Å². The van der Waals surface area contributed by atoms with E-state index in [1.54, 1.807) is 11.0 Å². The van der Waals surface area contributed by atoms with E-state index in [-0.39, 0.29) is 29.6 Å². The first-order chi connectivity index (χ1) is 16.4. The Morgan fingerprint density at radius 2 is 1.97 bits per heavy atom. The number of benzene rings is 1. The zero-order valence-electron chi connectivity index (χ0n) is 19.9. The molecule has 1 aliphatic carbocycles. The molecule has 8 nitrogen and oxygen atoms in total. The molecule has 2 heterocycles. The summed E-state index contributed by atoms with van der Waals surface area (Å²) in [7, 11) is 3.95. The van der Waals surface area contributed by atoms with E-state index in [9.17, 15) is 19.2 Å². The second-order valence-electron chi connectivity index (χ2n) is 9.87. The Hall–Kier alpha value is -3.16. The molecule has 3 amide bonds. The number of anilines is 1. The number of carbonyl (C=O) groups excluding carboxylic acids is 4. The van der Waals surface area contributed by atoms with Gasteiger partial charge in [-0.15, -0.1) is 0 Å². The molecule has 4 rings (SSSR count). The molecule has 0 bridgehead atoms. The summed E-state index contributed by atoms with van der Waals surface area (Å²) in [5.41, 5.74) is 1.99. The van der Waals surface area contributed by atoms with Crippen molar-refractivity contribution in [2.24, 2.45) is 17.8 Å². The van der Waals surface area contributed by atoms with Crippen LogP contribution >= 0.6 is 0 Å². The minimum absolute atomic E-state index is 0.0709. The summed E-state index contributed by atoms with van der Waals surface area (Å²) in [5.74, 6) is -0.399. The normalized spacial score (nSPS) is 26.9. The average Bonchev–Trinajstić information content (AvgIpc) is 3.53. The van der Waals surface area contributed by atoms with Gasteiger partial charge in [0.25, 0.3) is 0 Å². The van der Waals surface area contributed by atoms with Gasteiger partial charge < -0.3 is 25.2 Å². The molecule has 2 N–H and O–H groups in total. The van der Waals surface area contributed by atoms with E-state index in [0.29, 0.717) is 38.1 Å². The molecule has 34 heavy (non-hydrogen) atoms. The zero-order valence-corrected chi connectivity index (χ0v) is 19.9. The van der Waals surface area contributed by atoms with Gasteiger partial charge in [-0.1, -0.05) is 18.6 Å². The minimum atomic E-state index is -0.732. The number of nitrogens with one attached hydrogen (secondary N) is 2. The maximum Gasteiger partial charge on any atom is 0.247 e. The lowest BCUT2D eigenvalue weighted by atomic mass is 9.92. The van der Waals surface area contributed by atoms with Crippen LogP contribution in [0.5, 0.6) is 0 Å². The van der Waals surface area contributed by atoms with Crippen molar-refractivity contribution in [2.45, 2.75) is 44.2 Å². The SMILES string of the molecule is CN(C)c1ccc(/C=C/C(=O)N2CC3CCCC3[C@@H]2C(=O)N[C@H](C=O)C[C@@H]2CCNC2=O)cc1. The molecule has 182 valence electrons. The van der Waals surface area contributed by atoms with Crippen LogP contribution in [0.4, 0.5) is 5.69 Å². The molecule has 1 aromatic carbocycles. The summed E-state index contributed by atoms with van der Waals surface area (Å²) in [5, 5.41) is 5.60. The number of aldehydes is 1. The molecule has 0 radical (unpaired) electrons. The molecule has 2 unspecified atom stereocenters. The van der Waals surface area contributed by atoms with E-state index >= 15 is 0 Å². The third kappa shape index (κ3) is 5.16. The zero-order chi connectivity index (χ0) is 24.2. The van der Waals surface area contributed by atoms with Gasteiger partial charge in [0.05, 0.1) is 6.04 Å². The number of nitrogens with zero attached hydrogens (tertiary/aromatic N) is 2. The fourth-order valence-corrected chi connectivity index (χ4v) is 5.61. The predicted octanol–water partition coefficient (Wildman–Crippen LogP) is 1.60. The van der Waals surface area contributed by atoms with Gasteiger partial charge in [-0.3, -0.25) is 14.4 Å². The van der Waals surface area contributed by atoms with Crippen molar-refractivity contribution in [1.82, 2.24) is 15.5 Å². The highest BCUT2D eigenvalue weighted by Crippen LogP contribution is 2.42. The fourth-order valence-electron chi connectivity index (χ4n) is 5.61. The standard InChI is InChI=1S/C26H34N4O4/c1-29(2)21-9-6-17(7-10-21)8-11-23(32)30-15-19-4-3-5-22(19)24(30)26(34)28-20(16-31)14-18-12-13-27-25(18)33/h6-11,16,18-20,22,24H,3-5,12-15H2,1-2H3,(H,27,33)(H,28,34)/b11-8+/t18-,19?,20-,22?,24+/m0/s1. The third-order valence-corrected chi connectivity index (χ3v) is 7.46. The molecular formula is C26H34N4O4. The fraction of sp³-hybridized carbons (Fsp3) is 0.538. The van der Waals surface area contributed by atoms with Crippen LogP contribution < -0.4 is 15.5 Å². The lowest BCUT2D eigenvalue weighted by molar-refractivity contribution is -0.137. The summed E-state index contributed by atoms with van der Waals surface area (Å²) < 4.78 is 0. The third-order valence-electron chi connectivity index (χ3n) is 7.46. The van der Waals surface area contributed by atoms with Crippen LogP contribution in [0.2, 0.25) is 0 Å². The van der Waals surface area contributed by atoms with Gasteiger partial charge in [-0.2, -0.15) is 0 Å².